The lowest BCUT2D eigenvalue weighted by atomic mass is 9.90. The van der Waals surface area contributed by atoms with Gasteiger partial charge in [0.05, 0.1) is 41.3 Å². The number of hydrogen-bond acceptors (Lipinski definition) is 8. The van der Waals surface area contributed by atoms with Crippen molar-refractivity contribution in [3.8, 4) is 0 Å². The van der Waals surface area contributed by atoms with Gasteiger partial charge in [-0.15, -0.1) is 11.3 Å². The summed E-state index contributed by atoms with van der Waals surface area (Å²) in [6, 6.07) is 7.49. The van der Waals surface area contributed by atoms with Crippen molar-refractivity contribution in [2.75, 3.05) is 52.5 Å². The maximum absolute atomic E-state index is 15.2. The summed E-state index contributed by atoms with van der Waals surface area (Å²) in [5, 5.41) is 4.37. The molecule has 37 heavy (non-hydrogen) atoms. The highest BCUT2D eigenvalue weighted by molar-refractivity contribution is 7.19. The van der Waals surface area contributed by atoms with Crippen LogP contribution >= 0.6 is 11.3 Å². The topological polar surface area (TPSA) is 78.5 Å². The molecule has 0 radical (unpaired) electrons. The normalized spacial score (nSPS) is 24.2. The fourth-order valence-electron chi connectivity index (χ4n) is 6.31. The van der Waals surface area contributed by atoms with E-state index in [0.717, 1.165) is 66.7 Å². The third-order valence-electron chi connectivity index (χ3n) is 8.10. The van der Waals surface area contributed by atoms with E-state index in [1.807, 2.05) is 18.5 Å². The molecule has 0 saturated carbocycles. The number of nitrogens with zero attached hydrogens (tertiary/aromatic N) is 4. The van der Waals surface area contributed by atoms with Gasteiger partial charge in [0, 0.05) is 59.9 Å². The van der Waals surface area contributed by atoms with Gasteiger partial charge in [-0.2, -0.15) is 0 Å². The Labute approximate surface area is 218 Å². The molecule has 0 bridgehead atoms. The van der Waals surface area contributed by atoms with Crippen LogP contribution in [-0.4, -0.2) is 82.8 Å². The Kier molecular flexibility index (Phi) is 6.19. The SMILES string of the molecule is Fc1ccc2[nH]ccc2c1C1CN(C(c2cc3ncncc3s2)N2CCOC3(CCNCC3)C2)CCO1. The average molecular weight is 523 g/mol. The maximum Gasteiger partial charge on any atom is 0.129 e. The molecule has 3 aromatic heterocycles. The molecule has 0 aliphatic carbocycles. The number of fused-ring (bicyclic) bond motifs is 2. The first-order valence-corrected chi connectivity index (χ1v) is 13.9. The van der Waals surface area contributed by atoms with E-state index >= 15 is 4.39 Å². The van der Waals surface area contributed by atoms with Crippen molar-refractivity contribution in [1.82, 2.24) is 30.1 Å². The molecular formula is C27H31FN6O2S. The highest BCUT2D eigenvalue weighted by Crippen LogP contribution is 2.40. The van der Waals surface area contributed by atoms with Crippen LogP contribution in [0.3, 0.4) is 0 Å². The highest BCUT2D eigenvalue weighted by Gasteiger charge is 2.43. The largest absolute Gasteiger partial charge is 0.372 e. The molecule has 3 aliphatic rings. The average Bonchev–Trinajstić information content (AvgIpc) is 3.56. The predicted molar refractivity (Wildman–Crippen MR) is 141 cm³/mol. The number of rotatable bonds is 4. The Balaban J connectivity index is 1.25. The van der Waals surface area contributed by atoms with Gasteiger partial charge in [0.1, 0.15) is 12.1 Å². The fourth-order valence-corrected chi connectivity index (χ4v) is 7.47. The number of ether oxygens (including phenoxy) is 2. The number of aromatic amines is 1. The van der Waals surface area contributed by atoms with Gasteiger partial charge in [0.25, 0.3) is 0 Å². The molecule has 1 spiro atoms. The molecule has 6 heterocycles. The first-order chi connectivity index (χ1) is 18.2. The van der Waals surface area contributed by atoms with Crippen LogP contribution in [0.1, 0.15) is 35.6 Å². The lowest BCUT2D eigenvalue weighted by molar-refractivity contribution is -0.159. The van der Waals surface area contributed by atoms with Crippen LogP contribution in [0.4, 0.5) is 4.39 Å². The quantitative estimate of drug-likeness (QED) is 0.422. The molecule has 2 atom stereocenters. The second kappa shape index (κ2) is 9.68. The van der Waals surface area contributed by atoms with Crippen molar-refractivity contribution in [1.29, 1.82) is 0 Å². The van der Waals surface area contributed by atoms with Gasteiger partial charge in [0.2, 0.25) is 0 Å². The van der Waals surface area contributed by atoms with Crippen molar-refractivity contribution in [3.05, 3.63) is 59.2 Å². The molecule has 3 fully saturated rings. The van der Waals surface area contributed by atoms with E-state index < -0.39 is 0 Å². The predicted octanol–water partition coefficient (Wildman–Crippen LogP) is 3.84. The van der Waals surface area contributed by atoms with Crippen molar-refractivity contribution in [2.45, 2.75) is 30.7 Å². The van der Waals surface area contributed by atoms with E-state index in [0.29, 0.717) is 25.3 Å². The van der Waals surface area contributed by atoms with E-state index in [4.69, 9.17) is 9.47 Å². The van der Waals surface area contributed by atoms with E-state index in [-0.39, 0.29) is 23.7 Å². The van der Waals surface area contributed by atoms with Crippen molar-refractivity contribution in [2.24, 2.45) is 0 Å². The van der Waals surface area contributed by atoms with Gasteiger partial charge in [-0.05, 0) is 50.2 Å². The Morgan fingerprint density at radius 2 is 2.03 bits per heavy atom. The first-order valence-electron chi connectivity index (χ1n) is 13.1. The zero-order valence-electron chi connectivity index (χ0n) is 20.7. The van der Waals surface area contributed by atoms with E-state index in [9.17, 15) is 0 Å². The minimum atomic E-state index is -0.348. The molecule has 7 rings (SSSR count). The number of nitrogens with one attached hydrogen (secondary N) is 2. The Hall–Kier alpha value is -2.47. The fraction of sp³-hybridized carbons (Fsp3) is 0.481. The maximum atomic E-state index is 15.2. The van der Waals surface area contributed by atoms with Crippen LogP contribution in [0.5, 0.6) is 0 Å². The van der Waals surface area contributed by atoms with E-state index in [2.05, 4.69) is 36.1 Å². The zero-order valence-corrected chi connectivity index (χ0v) is 21.5. The van der Waals surface area contributed by atoms with Gasteiger partial charge < -0.3 is 19.8 Å². The number of thiophene rings is 1. The Morgan fingerprint density at radius 3 is 2.92 bits per heavy atom. The van der Waals surface area contributed by atoms with Gasteiger partial charge in [-0.3, -0.25) is 9.80 Å². The summed E-state index contributed by atoms with van der Waals surface area (Å²) >= 11 is 1.75. The lowest BCUT2D eigenvalue weighted by Gasteiger charge is -2.50. The number of piperidine rings is 1. The van der Waals surface area contributed by atoms with Crippen LogP contribution in [0.25, 0.3) is 21.1 Å². The smallest absolute Gasteiger partial charge is 0.129 e. The molecule has 1 aromatic carbocycles. The van der Waals surface area contributed by atoms with E-state index in [1.54, 1.807) is 29.8 Å². The van der Waals surface area contributed by atoms with Crippen LogP contribution in [-0.2, 0) is 9.47 Å². The van der Waals surface area contributed by atoms with Crippen LogP contribution in [0, 0.1) is 5.82 Å². The monoisotopic (exact) mass is 522 g/mol. The summed E-state index contributed by atoms with van der Waals surface area (Å²) in [6.07, 6.45) is 7.08. The van der Waals surface area contributed by atoms with Gasteiger partial charge >= 0.3 is 0 Å². The van der Waals surface area contributed by atoms with Crippen molar-refractivity contribution >= 4 is 32.5 Å². The number of halogens is 1. The van der Waals surface area contributed by atoms with Crippen molar-refractivity contribution in [3.63, 3.8) is 0 Å². The second-order valence-corrected chi connectivity index (χ2v) is 11.4. The lowest BCUT2D eigenvalue weighted by Crippen LogP contribution is -2.59. The second-order valence-electron chi connectivity index (χ2n) is 10.3. The molecule has 8 nitrogen and oxygen atoms in total. The van der Waals surface area contributed by atoms with Gasteiger partial charge in [0.15, 0.2) is 0 Å². The minimum Gasteiger partial charge on any atom is -0.372 e. The molecular weight excluding hydrogens is 491 g/mol. The molecule has 3 saturated heterocycles. The highest BCUT2D eigenvalue weighted by atomic mass is 32.1. The van der Waals surface area contributed by atoms with Crippen molar-refractivity contribution < 1.29 is 13.9 Å². The number of aromatic nitrogens is 3. The summed E-state index contributed by atoms with van der Waals surface area (Å²) in [7, 11) is 0. The third-order valence-corrected chi connectivity index (χ3v) is 9.20. The Bertz CT molecular complexity index is 1360. The molecule has 2 N–H and O–H groups in total. The van der Waals surface area contributed by atoms with Crippen LogP contribution in [0.2, 0.25) is 0 Å². The molecule has 10 heteroatoms. The summed E-state index contributed by atoms with van der Waals surface area (Å²) in [5.41, 5.74) is 2.42. The number of morpholine rings is 2. The molecule has 0 amide bonds. The summed E-state index contributed by atoms with van der Waals surface area (Å²) in [4.78, 5) is 18.2. The molecule has 194 valence electrons. The third kappa shape index (κ3) is 4.35. The summed E-state index contributed by atoms with van der Waals surface area (Å²) in [6.45, 7) is 6.34. The standard InChI is InChI=1S/C27H31FN6O2S/c28-19-1-2-20-18(3-6-31-20)25(19)22-15-33(9-11-35-22)26(23-13-21-24(37-23)14-30-17-32-21)34-10-12-36-27(16-34)4-7-29-8-5-27/h1-3,6,13-14,17,22,26,29,31H,4-5,7-12,15-16H2. The van der Waals surface area contributed by atoms with Gasteiger partial charge in [-0.25, -0.2) is 14.4 Å². The Morgan fingerprint density at radius 1 is 1.14 bits per heavy atom. The molecule has 4 aromatic rings. The number of H-pyrrole nitrogens is 1. The van der Waals surface area contributed by atoms with Gasteiger partial charge in [-0.1, -0.05) is 0 Å². The summed E-state index contributed by atoms with van der Waals surface area (Å²) in [5.74, 6) is -0.215. The van der Waals surface area contributed by atoms with Crippen LogP contribution in [0.15, 0.2) is 43.0 Å². The minimum absolute atomic E-state index is 0.0368. The molecule has 3 aliphatic heterocycles. The molecule has 2 unspecified atom stereocenters. The van der Waals surface area contributed by atoms with E-state index in [1.165, 1.54) is 4.88 Å². The first kappa shape index (κ1) is 23.6. The number of benzene rings is 1. The zero-order chi connectivity index (χ0) is 24.8. The van der Waals surface area contributed by atoms with Crippen LogP contribution < -0.4 is 5.32 Å². The summed E-state index contributed by atoms with van der Waals surface area (Å²) < 4.78 is 28.9. The number of hydrogen-bond donors (Lipinski definition) is 2.